The molecular formula is C12H13BrN4. The Morgan fingerprint density at radius 2 is 2.24 bits per heavy atom. The quantitative estimate of drug-likeness (QED) is 0.878. The standard InChI is InChI=1S/C12H13BrN4/c13-11-6-16-12(7-15-11)17-5-4-8-9(14)2-1-3-10(8)17/h4-7,9H,1-3,14H2. The van der Waals surface area contributed by atoms with Gasteiger partial charge in [0.15, 0.2) is 5.82 Å². The Morgan fingerprint density at radius 1 is 1.35 bits per heavy atom. The van der Waals surface area contributed by atoms with Crippen molar-refractivity contribution in [2.75, 3.05) is 0 Å². The minimum absolute atomic E-state index is 0.170. The van der Waals surface area contributed by atoms with Gasteiger partial charge in [-0.15, -0.1) is 0 Å². The van der Waals surface area contributed by atoms with Gasteiger partial charge in [-0.3, -0.25) is 0 Å². The Bertz CT molecular complexity index is 532. The second-order valence-electron chi connectivity index (χ2n) is 4.28. The predicted octanol–water partition coefficient (Wildman–Crippen LogP) is 2.37. The van der Waals surface area contributed by atoms with Gasteiger partial charge in [0.25, 0.3) is 0 Å². The van der Waals surface area contributed by atoms with Gasteiger partial charge >= 0.3 is 0 Å². The highest BCUT2D eigenvalue weighted by Gasteiger charge is 2.20. The summed E-state index contributed by atoms with van der Waals surface area (Å²) in [5.74, 6) is 0.851. The average molecular weight is 293 g/mol. The highest BCUT2D eigenvalue weighted by Crippen LogP contribution is 2.30. The third-order valence-electron chi connectivity index (χ3n) is 3.21. The summed E-state index contributed by atoms with van der Waals surface area (Å²) in [5.41, 5.74) is 8.63. The number of aromatic nitrogens is 3. The first-order chi connectivity index (χ1) is 8.25. The third-order valence-corrected chi connectivity index (χ3v) is 3.62. The van der Waals surface area contributed by atoms with Gasteiger partial charge in [-0.1, -0.05) is 0 Å². The van der Waals surface area contributed by atoms with Crippen molar-refractivity contribution in [1.82, 2.24) is 14.5 Å². The van der Waals surface area contributed by atoms with E-state index in [-0.39, 0.29) is 6.04 Å². The summed E-state index contributed by atoms with van der Waals surface area (Å²) in [7, 11) is 0. The molecule has 2 aromatic rings. The Labute approximate surface area is 108 Å². The molecule has 5 heteroatoms. The molecule has 0 aliphatic heterocycles. The zero-order valence-electron chi connectivity index (χ0n) is 9.31. The monoisotopic (exact) mass is 292 g/mol. The van der Waals surface area contributed by atoms with Gasteiger partial charge in [0.05, 0.1) is 12.4 Å². The van der Waals surface area contributed by atoms with Crippen LogP contribution in [0.5, 0.6) is 0 Å². The molecule has 1 aliphatic rings. The van der Waals surface area contributed by atoms with Crippen LogP contribution >= 0.6 is 15.9 Å². The molecule has 3 rings (SSSR count). The molecule has 2 N–H and O–H groups in total. The highest BCUT2D eigenvalue weighted by molar-refractivity contribution is 9.10. The van der Waals surface area contributed by atoms with Crippen molar-refractivity contribution in [3.63, 3.8) is 0 Å². The summed E-state index contributed by atoms with van der Waals surface area (Å²) in [6, 6.07) is 2.27. The molecule has 0 spiro atoms. The van der Waals surface area contributed by atoms with Gasteiger partial charge in [-0.2, -0.15) is 0 Å². The van der Waals surface area contributed by atoms with E-state index >= 15 is 0 Å². The first-order valence-corrected chi connectivity index (χ1v) is 6.48. The molecule has 88 valence electrons. The number of rotatable bonds is 1. The SMILES string of the molecule is NC1CCCc2c1ccn2-c1cnc(Br)cn1. The van der Waals surface area contributed by atoms with E-state index in [0.717, 1.165) is 29.7 Å². The molecule has 0 amide bonds. The fraction of sp³-hybridized carbons (Fsp3) is 0.333. The van der Waals surface area contributed by atoms with Crippen molar-refractivity contribution in [3.8, 4) is 5.82 Å². The molecule has 0 saturated heterocycles. The van der Waals surface area contributed by atoms with Gasteiger partial charge in [0.1, 0.15) is 4.60 Å². The van der Waals surface area contributed by atoms with Crippen LogP contribution in [0.1, 0.15) is 30.1 Å². The van der Waals surface area contributed by atoms with Crippen molar-refractivity contribution >= 4 is 15.9 Å². The fourth-order valence-electron chi connectivity index (χ4n) is 2.37. The van der Waals surface area contributed by atoms with Crippen LogP contribution in [0.4, 0.5) is 0 Å². The normalized spacial score (nSPS) is 19.1. The Kier molecular flexibility index (Phi) is 2.72. The van der Waals surface area contributed by atoms with Crippen LogP contribution in [-0.4, -0.2) is 14.5 Å². The highest BCUT2D eigenvalue weighted by atomic mass is 79.9. The molecule has 4 nitrogen and oxygen atoms in total. The number of halogens is 1. The first-order valence-electron chi connectivity index (χ1n) is 5.69. The van der Waals surface area contributed by atoms with Crippen LogP contribution < -0.4 is 5.73 Å². The summed E-state index contributed by atoms with van der Waals surface area (Å²) in [4.78, 5) is 8.57. The van der Waals surface area contributed by atoms with Crippen LogP contribution in [0.15, 0.2) is 29.3 Å². The zero-order valence-corrected chi connectivity index (χ0v) is 10.9. The molecule has 2 heterocycles. The van der Waals surface area contributed by atoms with Crippen LogP contribution in [0.3, 0.4) is 0 Å². The molecule has 0 fully saturated rings. The zero-order chi connectivity index (χ0) is 11.8. The van der Waals surface area contributed by atoms with Crippen LogP contribution in [0, 0.1) is 0 Å². The lowest BCUT2D eigenvalue weighted by Gasteiger charge is -2.20. The van der Waals surface area contributed by atoms with Crippen molar-refractivity contribution < 1.29 is 0 Å². The molecular weight excluding hydrogens is 280 g/mol. The molecule has 0 bridgehead atoms. The summed E-state index contributed by atoms with van der Waals surface area (Å²) < 4.78 is 2.84. The van der Waals surface area contributed by atoms with Crippen molar-refractivity contribution in [2.24, 2.45) is 5.73 Å². The smallest absolute Gasteiger partial charge is 0.155 e. The number of hydrogen-bond acceptors (Lipinski definition) is 3. The van der Waals surface area contributed by atoms with Crippen molar-refractivity contribution in [3.05, 3.63) is 40.5 Å². The first kappa shape index (κ1) is 10.9. The largest absolute Gasteiger partial charge is 0.324 e. The summed E-state index contributed by atoms with van der Waals surface area (Å²) in [6.07, 6.45) is 8.79. The molecule has 17 heavy (non-hydrogen) atoms. The average Bonchev–Trinajstić information content (AvgIpc) is 2.75. The second-order valence-corrected chi connectivity index (χ2v) is 5.10. The maximum Gasteiger partial charge on any atom is 0.155 e. The molecule has 0 saturated carbocycles. The van der Waals surface area contributed by atoms with E-state index in [2.05, 4.69) is 36.5 Å². The molecule has 1 atom stereocenters. The number of fused-ring (bicyclic) bond motifs is 1. The van der Waals surface area contributed by atoms with Crippen LogP contribution in [0.2, 0.25) is 0 Å². The van der Waals surface area contributed by atoms with Crippen molar-refractivity contribution in [1.29, 1.82) is 0 Å². The van der Waals surface area contributed by atoms with Gasteiger partial charge in [-0.05, 0) is 46.8 Å². The lowest BCUT2D eigenvalue weighted by atomic mass is 9.94. The molecule has 1 aliphatic carbocycles. The maximum atomic E-state index is 6.11. The summed E-state index contributed by atoms with van der Waals surface area (Å²) in [5, 5.41) is 0. The lowest BCUT2D eigenvalue weighted by Crippen LogP contribution is -2.18. The predicted molar refractivity (Wildman–Crippen MR) is 68.9 cm³/mol. The number of nitrogens with zero attached hydrogens (tertiary/aromatic N) is 3. The van der Waals surface area contributed by atoms with Gasteiger partial charge in [0.2, 0.25) is 0 Å². The van der Waals surface area contributed by atoms with E-state index in [9.17, 15) is 0 Å². The van der Waals surface area contributed by atoms with Crippen LogP contribution in [0.25, 0.3) is 5.82 Å². The van der Waals surface area contributed by atoms with Crippen molar-refractivity contribution in [2.45, 2.75) is 25.3 Å². The third kappa shape index (κ3) is 1.89. The van der Waals surface area contributed by atoms with E-state index in [1.807, 2.05) is 6.20 Å². The number of hydrogen-bond donors (Lipinski definition) is 1. The van der Waals surface area contributed by atoms with E-state index in [4.69, 9.17) is 5.73 Å². The topological polar surface area (TPSA) is 56.7 Å². The van der Waals surface area contributed by atoms with E-state index in [0.29, 0.717) is 0 Å². The maximum absolute atomic E-state index is 6.11. The van der Waals surface area contributed by atoms with Gasteiger partial charge in [0, 0.05) is 17.9 Å². The van der Waals surface area contributed by atoms with Gasteiger partial charge in [-0.25, -0.2) is 9.97 Å². The molecule has 0 radical (unpaired) electrons. The Morgan fingerprint density at radius 3 is 3.00 bits per heavy atom. The molecule has 0 aromatic carbocycles. The lowest BCUT2D eigenvalue weighted by molar-refractivity contribution is 0.559. The fourth-order valence-corrected chi connectivity index (χ4v) is 2.58. The van der Waals surface area contributed by atoms with E-state index in [1.165, 1.54) is 11.3 Å². The number of nitrogens with two attached hydrogens (primary N) is 1. The Hall–Kier alpha value is -1.20. The van der Waals surface area contributed by atoms with E-state index < -0.39 is 0 Å². The van der Waals surface area contributed by atoms with Crippen LogP contribution in [-0.2, 0) is 6.42 Å². The summed E-state index contributed by atoms with van der Waals surface area (Å²) in [6.45, 7) is 0. The van der Waals surface area contributed by atoms with E-state index in [1.54, 1.807) is 12.4 Å². The Balaban J connectivity index is 2.07. The molecule has 1 unspecified atom stereocenters. The minimum atomic E-state index is 0.170. The van der Waals surface area contributed by atoms with Gasteiger partial charge < -0.3 is 10.3 Å². The second kappa shape index (κ2) is 4.23. The molecule has 2 aromatic heterocycles. The summed E-state index contributed by atoms with van der Waals surface area (Å²) >= 11 is 3.29. The minimum Gasteiger partial charge on any atom is -0.324 e.